The molecule has 1 aliphatic heterocycles. The molecule has 6 nitrogen and oxygen atoms in total. The van der Waals surface area contributed by atoms with Crippen molar-refractivity contribution in [2.24, 2.45) is 0 Å². The standard InChI is InChI=1S/C10H16FNO4.C6H15N/c1-10(2,3)16-9(15)12-5-6(11)4-7(12)8(13)14;1-5(2)7-6(3)4/h6-7H,4-5H2,1-3H3,(H,13,14);5-7H,1-4H3/t6-,7+;/m1./s1. The molecule has 23 heavy (non-hydrogen) atoms. The van der Waals surface area contributed by atoms with Crippen LogP contribution in [-0.4, -0.2) is 58.5 Å². The normalized spacial score (nSPS) is 21.2. The molecule has 2 atom stereocenters. The maximum atomic E-state index is 13.1. The molecule has 0 aliphatic carbocycles. The number of carbonyl (C=O) groups excluding carboxylic acids is 1. The van der Waals surface area contributed by atoms with Gasteiger partial charge in [0, 0.05) is 18.5 Å². The number of carbonyl (C=O) groups is 2. The summed E-state index contributed by atoms with van der Waals surface area (Å²) >= 11 is 0. The average Bonchev–Trinajstić information content (AvgIpc) is 2.68. The van der Waals surface area contributed by atoms with Gasteiger partial charge in [0.15, 0.2) is 0 Å². The van der Waals surface area contributed by atoms with Crippen molar-refractivity contribution in [2.75, 3.05) is 6.54 Å². The van der Waals surface area contributed by atoms with Gasteiger partial charge in [-0.2, -0.15) is 0 Å². The fourth-order valence-electron chi connectivity index (χ4n) is 2.21. The first-order valence-corrected chi connectivity index (χ1v) is 7.96. The number of hydrogen-bond acceptors (Lipinski definition) is 4. The molecule has 1 heterocycles. The van der Waals surface area contributed by atoms with Crippen molar-refractivity contribution in [1.29, 1.82) is 0 Å². The first-order chi connectivity index (χ1) is 10.3. The van der Waals surface area contributed by atoms with E-state index >= 15 is 0 Å². The van der Waals surface area contributed by atoms with Crippen LogP contribution in [0, 0.1) is 0 Å². The fourth-order valence-corrected chi connectivity index (χ4v) is 2.21. The van der Waals surface area contributed by atoms with E-state index in [2.05, 4.69) is 33.0 Å². The smallest absolute Gasteiger partial charge is 0.411 e. The first-order valence-electron chi connectivity index (χ1n) is 7.96. The van der Waals surface area contributed by atoms with E-state index in [-0.39, 0.29) is 13.0 Å². The van der Waals surface area contributed by atoms with Crippen LogP contribution in [0.3, 0.4) is 0 Å². The Balaban J connectivity index is 0.000000585. The van der Waals surface area contributed by atoms with Gasteiger partial charge < -0.3 is 15.2 Å². The topological polar surface area (TPSA) is 78.9 Å². The third-order valence-corrected chi connectivity index (χ3v) is 2.83. The lowest BCUT2D eigenvalue weighted by Crippen LogP contribution is -2.43. The number of nitrogens with one attached hydrogen (secondary N) is 1. The molecule has 1 amide bonds. The highest BCUT2D eigenvalue weighted by molar-refractivity contribution is 5.81. The minimum absolute atomic E-state index is 0.172. The lowest BCUT2D eigenvalue weighted by atomic mass is 10.2. The van der Waals surface area contributed by atoms with E-state index < -0.39 is 29.9 Å². The third-order valence-electron chi connectivity index (χ3n) is 2.83. The van der Waals surface area contributed by atoms with E-state index in [0.717, 1.165) is 4.90 Å². The average molecular weight is 334 g/mol. The van der Waals surface area contributed by atoms with Gasteiger partial charge in [-0.05, 0) is 20.8 Å². The van der Waals surface area contributed by atoms with Crippen LogP contribution in [0.25, 0.3) is 0 Å². The van der Waals surface area contributed by atoms with Crippen LogP contribution in [0.2, 0.25) is 0 Å². The Morgan fingerprint density at radius 1 is 1.22 bits per heavy atom. The second-order valence-corrected chi connectivity index (χ2v) is 7.30. The summed E-state index contributed by atoms with van der Waals surface area (Å²) in [5, 5.41) is 12.1. The summed E-state index contributed by atoms with van der Waals surface area (Å²) in [6.07, 6.45) is -2.25. The maximum absolute atomic E-state index is 13.1. The summed E-state index contributed by atoms with van der Waals surface area (Å²) < 4.78 is 18.1. The van der Waals surface area contributed by atoms with Crippen LogP contribution in [0.15, 0.2) is 0 Å². The molecular weight excluding hydrogens is 303 g/mol. The number of rotatable bonds is 3. The molecule has 2 N–H and O–H groups in total. The molecule has 1 rings (SSSR count). The quantitative estimate of drug-likeness (QED) is 0.830. The predicted molar refractivity (Wildman–Crippen MR) is 87.3 cm³/mol. The summed E-state index contributed by atoms with van der Waals surface area (Å²) in [5.41, 5.74) is -0.714. The van der Waals surface area contributed by atoms with Gasteiger partial charge in [-0.25, -0.2) is 14.0 Å². The lowest BCUT2D eigenvalue weighted by Gasteiger charge is -2.26. The second-order valence-electron chi connectivity index (χ2n) is 7.30. The molecule has 0 saturated carbocycles. The minimum Gasteiger partial charge on any atom is -0.480 e. The molecule has 0 aromatic carbocycles. The molecule has 0 bridgehead atoms. The number of hydrogen-bond donors (Lipinski definition) is 2. The zero-order chi connectivity index (χ0) is 18.4. The molecule has 1 saturated heterocycles. The zero-order valence-electron chi connectivity index (χ0n) is 15.2. The van der Waals surface area contributed by atoms with Crippen molar-refractivity contribution in [3.63, 3.8) is 0 Å². The van der Waals surface area contributed by atoms with Crippen LogP contribution < -0.4 is 5.32 Å². The van der Waals surface area contributed by atoms with Gasteiger partial charge in [0.05, 0.1) is 6.54 Å². The number of likely N-dealkylation sites (tertiary alicyclic amines) is 1. The van der Waals surface area contributed by atoms with E-state index in [1.165, 1.54) is 0 Å². The third kappa shape index (κ3) is 9.38. The molecule has 1 aliphatic rings. The van der Waals surface area contributed by atoms with Gasteiger partial charge >= 0.3 is 12.1 Å². The van der Waals surface area contributed by atoms with Crippen molar-refractivity contribution >= 4 is 12.1 Å². The number of carboxylic acid groups (broad SMARTS) is 1. The fraction of sp³-hybridized carbons (Fsp3) is 0.875. The molecule has 7 heteroatoms. The van der Waals surface area contributed by atoms with Gasteiger partial charge in [-0.3, -0.25) is 4.90 Å². The molecule has 0 unspecified atom stereocenters. The predicted octanol–water partition coefficient (Wildman–Crippen LogP) is 2.81. The van der Waals surface area contributed by atoms with Crippen molar-refractivity contribution in [1.82, 2.24) is 10.2 Å². The molecular formula is C16H31FN2O4. The number of alkyl halides is 1. The van der Waals surface area contributed by atoms with Gasteiger partial charge in [0.25, 0.3) is 0 Å². The number of halogens is 1. The van der Waals surface area contributed by atoms with Gasteiger partial charge in [0.1, 0.15) is 17.8 Å². The van der Waals surface area contributed by atoms with Crippen molar-refractivity contribution in [3.05, 3.63) is 0 Å². The molecule has 1 fully saturated rings. The molecule has 0 aromatic heterocycles. The summed E-state index contributed by atoms with van der Waals surface area (Å²) in [7, 11) is 0. The Morgan fingerprint density at radius 2 is 1.70 bits per heavy atom. The van der Waals surface area contributed by atoms with Crippen LogP contribution in [0.5, 0.6) is 0 Å². The number of aliphatic carboxylic acids is 1. The van der Waals surface area contributed by atoms with Crippen LogP contribution in [0.4, 0.5) is 9.18 Å². The summed E-state index contributed by atoms with van der Waals surface area (Å²) in [4.78, 5) is 23.3. The van der Waals surface area contributed by atoms with E-state index in [9.17, 15) is 14.0 Å². The van der Waals surface area contributed by atoms with Gasteiger partial charge in [0.2, 0.25) is 0 Å². The van der Waals surface area contributed by atoms with E-state index in [1.807, 2.05) is 0 Å². The molecule has 0 radical (unpaired) electrons. The SMILES string of the molecule is CC(C)(C)OC(=O)N1C[C@H](F)C[C@H]1C(=O)O.CC(C)NC(C)C. The van der Waals surface area contributed by atoms with E-state index in [0.29, 0.717) is 12.1 Å². The molecule has 0 aromatic rings. The number of nitrogens with zero attached hydrogens (tertiary/aromatic N) is 1. The van der Waals surface area contributed by atoms with Crippen LogP contribution in [-0.2, 0) is 9.53 Å². The van der Waals surface area contributed by atoms with E-state index in [4.69, 9.17) is 9.84 Å². The largest absolute Gasteiger partial charge is 0.480 e. The first kappa shape index (κ1) is 21.6. The van der Waals surface area contributed by atoms with Crippen LogP contribution >= 0.6 is 0 Å². The minimum atomic E-state index is -1.30. The van der Waals surface area contributed by atoms with Gasteiger partial charge in [-0.15, -0.1) is 0 Å². The highest BCUT2D eigenvalue weighted by Gasteiger charge is 2.41. The molecule has 136 valence electrons. The number of amides is 1. The highest BCUT2D eigenvalue weighted by atomic mass is 19.1. The Labute approximate surface area is 138 Å². The number of ether oxygens (including phenoxy) is 1. The van der Waals surface area contributed by atoms with Crippen LogP contribution in [0.1, 0.15) is 54.9 Å². The Hall–Kier alpha value is -1.37. The summed E-state index contributed by atoms with van der Waals surface area (Å²) in [6.45, 7) is 13.4. The Bertz CT molecular complexity index is 388. The Morgan fingerprint density at radius 3 is 2.00 bits per heavy atom. The second kappa shape index (κ2) is 9.05. The van der Waals surface area contributed by atoms with Crippen molar-refractivity contribution in [2.45, 2.75) is 84.8 Å². The highest BCUT2D eigenvalue weighted by Crippen LogP contribution is 2.23. The van der Waals surface area contributed by atoms with E-state index in [1.54, 1.807) is 20.8 Å². The number of carboxylic acids is 1. The summed E-state index contributed by atoms with van der Waals surface area (Å²) in [6, 6.07) is 0.129. The lowest BCUT2D eigenvalue weighted by molar-refractivity contribution is -0.142. The van der Waals surface area contributed by atoms with Gasteiger partial charge in [-0.1, -0.05) is 27.7 Å². The zero-order valence-corrected chi connectivity index (χ0v) is 15.2. The maximum Gasteiger partial charge on any atom is 0.411 e. The van der Waals surface area contributed by atoms with Crippen molar-refractivity contribution < 1.29 is 23.8 Å². The monoisotopic (exact) mass is 334 g/mol. The van der Waals surface area contributed by atoms with Crippen molar-refractivity contribution in [3.8, 4) is 0 Å². The molecule has 0 spiro atoms. The Kier molecular flexibility index (Phi) is 8.52. The summed E-state index contributed by atoms with van der Waals surface area (Å²) in [5.74, 6) is -1.20.